The van der Waals surface area contributed by atoms with Gasteiger partial charge < -0.3 is 10.5 Å². The molecule has 1 aliphatic rings. The van der Waals surface area contributed by atoms with E-state index in [-0.39, 0.29) is 17.4 Å². The highest BCUT2D eigenvalue weighted by Crippen LogP contribution is 2.57. The number of aromatic nitrogens is 2. The molecule has 0 aliphatic heterocycles. The first-order chi connectivity index (χ1) is 7.39. The number of esters is 1. The summed E-state index contributed by atoms with van der Waals surface area (Å²) in [4.78, 5) is 11.6. The summed E-state index contributed by atoms with van der Waals surface area (Å²) < 4.78 is 6.34. The summed E-state index contributed by atoms with van der Waals surface area (Å²) >= 11 is 0. The minimum Gasteiger partial charge on any atom is -0.464 e. The lowest BCUT2D eigenvalue weighted by atomic mass is 10.0. The van der Waals surface area contributed by atoms with Crippen molar-refractivity contribution in [1.82, 2.24) is 9.78 Å². The maximum Gasteiger partial charge on any atom is 0.358 e. The SMILES string of the molecule is COC(=O)c1nn(C)cc1[C@@H]1[C@@H](N)C1(C)C. The normalized spacial score (nSPS) is 26.6. The van der Waals surface area contributed by atoms with Crippen LogP contribution in [0.1, 0.15) is 35.8 Å². The zero-order chi connectivity index (χ0) is 12.1. The molecule has 1 aromatic rings. The Morgan fingerprint density at radius 3 is 2.62 bits per heavy atom. The molecule has 88 valence electrons. The van der Waals surface area contributed by atoms with E-state index in [1.165, 1.54) is 7.11 Å². The number of rotatable bonds is 2. The molecule has 1 aromatic heterocycles. The van der Waals surface area contributed by atoms with Gasteiger partial charge in [0.2, 0.25) is 0 Å². The van der Waals surface area contributed by atoms with Gasteiger partial charge in [-0.1, -0.05) is 13.8 Å². The summed E-state index contributed by atoms with van der Waals surface area (Å²) in [5, 5.41) is 4.13. The van der Waals surface area contributed by atoms with Gasteiger partial charge in [-0.15, -0.1) is 0 Å². The Hall–Kier alpha value is -1.36. The molecule has 2 N–H and O–H groups in total. The maximum absolute atomic E-state index is 11.6. The fourth-order valence-electron chi connectivity index (χ4n) is 2.26. The van der Waals surface area contributed by atoms with Crippen LogP contribution >= 0.6 is 0 Å². The summed E-state index contributed by atoms with van der Waals surface area (Å²) in [5.41, 5.74) is 7.32. The molecule has 0 unspecified atom stereocenters. The van der Waals surface area contributed by atoms with Gasteiger partial charge in [0, 0.05) is 30.8 Å². The highest BCUT2D eigenvalue weighted by atomic mass is 16.5. The lowest BCUT2D eigenvalue weighted by molar-refractivity contribution is 0.0592. The maximum atomic E-state index is 11.6. The van der Waals surface area contributed by atoms with E-state index in [1.54, 1.807) is 11.7 Å². The van der Waals surface area contributed by atoms with Gasteiger partial charge in [-0.25, -0.2) is 4.79 Å². The number of carbonyl (C=O) groups is 1. The Balaban J connectivity index is 2.39. The van der Waals surface area contributed by atoms with Gasteiger partial charge in [0.1, 0.15) is 0 Å². The van der Waals surface area contributed by atoms with Crippen LogP contribution in [0.4, 0.5) is 0 Å². The van der Waals surface area contributed by atoms with E-state index in [9.17, 15) is 4.79 Å². The van der Waals surface area contributed by atoms with Crippen molar-refractivity contribution in [2.45, 2.75) is 25.8 Å². The minimum absolute atomic E-state index is 0.0335. The standard InChI is InChI=1S/C11H17N3O2/c1-11(2)7(9(11)12)6-5-14(3)13-8(6)10(15)16-4/h5,7,9H,12H2,1-4H3/t7-,9-/m1/s1. The van der Waals surface area contributed by atoms with E-state index in [1.807, 2.05) is 6.20 Å². The molecule has 16 heavy (non-hydrogen) atoms. The van der Waals surface area contributed by atoms with Crippen molar-refractivity contribution in [1.29, 1.82) is 0 Å². The van der Waals surface area contributed by atoms with Crippen molar-refractivity contribution < 1.29 is 9.53 Å². The second kappa shape index (κ2) is 3.31. The molecule has 2 atom stereocenters. The van der Waals surface area contributed by atoms with Gasteiger partial charge in [-0.2, -0.15) is 5.10 Å². The molecule has 1 aliphatic carbocycles. The molecule has 0 bridgehead atoms. The van der Waals surface area contributed by atoms with Crippen LogP contribution in [0.25, 0.3) is 0 Å². The topological polar surface area (TPSA) is 70.1 Å². The number of nitrogens with zero attached hydrogens (tertiary/aromatic N) is 2. The van der Waals surface area contributed by atoms with Crippen LogP contribution < -0.4 is 5.73 Å². The first kappa shape index (κ1) is 11.1. The highest BCUT2D eigenvalue weighted by Gasteiger charge is 2.57. The van der Waals surface area contributed by atoms with Crippen LogP contribution in [0.15, 0.2) is 6.20 Å². The van der Waals surface area contributed by atoms with Crippen LogP contribution in [-0.2, 0) is 11.8 Å². The Labute approximate surface area is 94.6 Å². The number of ether oxygens (including phenoxy) is 1. The fourth-order valence-corrected chi connectivity index (χ4v) is 2.26. The smallest absolute Gasteiger partial charge is 0.358 e. The van der Waals surface area contributed by atoms with E-state index in [0.29, 0.717) is 5.69 Å². The van der Waals surface area contributed by atoms with Gasteiger partial charge in [0.15, 0.2) is 5.69 Å². The zero-order valence-corrected chi connectivity index (χ0v) is 10.0. The van der Waals surface area contributed by atoms with Crippen molar-refractivity contribution in [3.05, 3.63) is 17.5 Å². The quantitative estimate of drug-likeness (QED) is 0.748. The van der Waals surface area contributed by atoms with E-state index in [4.69, 9.17) is 10.5 Å². The molecule has 1 saturated carbocycles. The van der Waals surface area contributed by atoms with E-state index < -0.39 is 5.97 Å². The number of nitrogens with two attached hydrogens (primary N) is 1. The molecular formula is C11H17N3O2. The van der Waals surface area contributed by atoms with Crippen molar-refractivity contribution in [3.63, 3.8) is 0 Å². The minimum atomic E-state index is -0.398. The molecule has 0 spiro atoms. The van der Waals surface area contributed by atoms with Gasteiger partial charge in [-0.05, 0) is 5.41 Å². The third kappa shape index (κ3) is 1.43. The molecule has 5 nitrogen and oxygen atoms in total. The van der Waals surface area contributed by atoms with Crippen molar-refractivity contribution in [3.8, 4) is 0 Å². The van der Waals surface area contributed by atoms with E-state index in [0.717, 1.165) is 5.56 Å². The van der Waals surface area contributed by atoms with Crippen molar-refractivity contribution >= 4 is 5.97 Å². The number of carbonyl (C=O) groups excluding carboxylic acids is 1. The summed E-state index contributed by atoms with van der Waals surface area (Å²) in [5.74, 6) is -0.208. The Kier molecular flexibility index (Phi) is 2.31. The number of methoxy groups -OCH3 is 1. The Morgan fingerprint density at radius 1 is 1.62 bits per heavy atom. The number of hydrogen-bond acceptors (Lipinski definition) is 4. The van der Waals surface area contributed by atoms with Crippen LogP contribution in [0.5, 0.6) is 0 Å². The van der Waals surface area contributed by atoms with E-state index >= 15 is 0 Å². The second-order valence-corrected chi connectivity index (χ2v) is 4.92. The molecule has 1 heterocycles. The summed E-state index contributed by atoms with van der Waals surface area (Å²) in [6.45, 7) is 4.19. The van der Waals surface area contributed by atoms with E-state index in [2.05, 4.69) is 18.9 Å². The Bertz CT molecular complexity index is 436. The lowest BCUT2D eigenvalue weighted by Gasteiger charge is -2.01. The highest BCUT2D eigenvalue weighted by molar-refractivity contribution is 5.89. The largest absolute Gasteiger partial charge is 0.464 e. The molecule has 0 saturated heterocycles. The Morgan fingerprint density at radius 2 is 2.19 bits per heavy atom. The molecule has 0 amide bonds. The number of aryl methyl sites for hydroxylation is 1. The average Bonchev–Trinajstić information content (AvgIpc) is 2.59. The predicted molar refractivity (Wildman–Crippen MR) is 59.0 cm³/mol. The average molecular weight is 223 g/mol. The van der Waals surface area contributed by atoms with Crippen molar-refractivity contribution in [2.24, 2.45) is 18.2 Å². The summed E-state index contributed by atoms with van der Waals surface area (Å²) in [6, 6.07) is 0.0834. The monoisotopic (exact) mass is 223 g/mol. The molecule has 2 rings (SSSR count). The van der Waals surface area contributed by atoms with Gasteiger partial charge in [-0.3, -0.25) is 4.68 Å². The summed E-state index contributed by atoms with van der Waals surface area (Å²) in [7, 11) is 3.15. The first-order valence-electron chi connectivity index (χ1n) is 5.27. The molecule has 5 heteroatoms. The number of hydrogen-bond donors (Lipinski definition) is 1. The van der Waals surface area contributed by atoms with Gasteiger partial charge >= 0.3 is 5.97 Å². The molecular weight excluding hydrogens is 206 g/mol. The zero-order valence-electron chi connectivity index (χ0n) is 10.0. The summed E-state index contributed by atoms with van der Waals surface area (Å²) in [6.07, 6.45) is 1.85. The second-order valence-electron chi connectivity index (χ2n) is 4.92. The van der Waals surface area contributed by atoms with Crippen LogP contribution in [-0.4, -0.2) is 28.9 Å². The predicted octanol–water partition coefficient (Wildman–Crippen LogP) is 0.657. The van der Waals surface area contributed by atoms with Gasteiger partial charge in [0.05, 0.1) is 7.11 Å². The lowest BCUT2D eigenvalue weighted by Crippen LogP contribution is -2.08. The van der Waals surface area contributed by atoms with Crippen LogP contribution in [0.3, 0.4) is 0 Å². The third-order valence-corrected chi connectivity index (χ3v) is 3.48. The van der Waals surface area contributed by atoms with Crippen molar-refractivity contribution in [2.75, 3.05) is 7.11 Å². The first-order valence-corrected chi connectivity index (χ1v) is 5.27. The molecule has 1 fully saturated rings. The fraction of sp³-hybridized carbons (Fsp3) is 0.636. The van der Waals surface area contributed by atoms with Crippen LogP contribution in [0, 0.1) is 5.41 Å². The third-order valence-electron chi connectivity index (χ3n) is 3.48. The van der Waals surface area contributed by atoms with Crippen LogP contribution in [0.2, 0.25) is 0 Å². The molecule has 0 radical (unpaired) electrons. The molecule has 0 aromatic carbocycles. The van der Waals surface area contributed by atoms with Gasteiger partial charge in [0.25, 0.3) is 0 Å².